The highest BCUT2D eigenvalue weighted by molar-refractivity contribution is 5.75. The summed E-state index contributed by atoms with van der Waals surface area (Å²) < 4.78 is 1.82. The van der Waals surface area contributed by atoms with Crippen molar-refractivity contribution in [2.45, 2.75) is 25.9 Å². The Kier molecular flexibility index (Phi) is 4.30. The van der Waals surface area contributed by atoms with Crippen LogP contribution in [0.5, 0.6) is 0 Å². The van der Waals surface area contributed by atoms with Crippen LogP contribution in [0.3, 0.4) is 0 Å². The van der Waals surface area contributed by atoms with Crippen LogP contribution in [0.25, 0.3) is 0 Å². The van der Waals surface area contributed by atoms with Crippen molar-refractivity contribution in [2.75, 3.05) is 14.1 Å². The third kappa shape index (κ3) is 3.71. The number of hydrogen-bond donors (Lipinski definition) is 1. The largest absolute Gasteiger partial charge is 0.349 e. The summed E-state index contributed by atoms with van der Waals surface area (Å²) in [5, 5.41) is 4.14. The van der Waals surface area contributed by atoms with E-state index in [1.54, 1.807) is 25.2 Å². The zero-order valence-corrected chi connectivity index (χ0v) is 9.31. The van der Waals surface area contributed by atoms with Gasteiger partial charge >= 0.3 is 0 Å². The molecule has 0 radical (unpaired) electrons. The highest BCUT2D eigenvalue weighted by atomic mass is 16.2. The third-order valence-electron chi connectivity index (χ3n) is 2.20. The van der Waals surface area contributed by atoms with Crippen LogP contribution in [0.15, 0.2) is 12.4 Å². The van der Waals surface area contributed by atoms with E-state index in [1.165, 1.54) is 0 Å². The molecule has 0 saturated carbocycles. The molecule has 1 aromatic rings. The van der Waals surface area contributed by atoms with Crippen LogP contribution in [0, 0.1) is 0 Å². The van der Waals surface area contributed by atoms with Crippen molar-refractivity contribution in [1.82, 2.24) is 14.7 Å². The highest BCUT2D eigenvalue weighted by Crippen LogP contribution is 2.00. The molecule has 0 bridgehead atoms. The van der Waals surface area contributed by atoms with Gasteiger partial charge in [0.25, 0.3) is 0 Å². The number of nitrogens with zero attached hydrogens (tertiary/aromatic N) is 3. The van der Waals surface area contributed by atoms with Crippen molar-refractivity contribution in [1.29, 1.82) is 0 Å². The average Bonchev–Trinajstić information content (AvgIpc) is 2.65. The van der Waals surface area contributed by atoms with Gasteiger partial charge < -0.3 is 10.6 Å². The molecular weight excluding hydrogens is 192 g/mol. The van der Waals surface area contributed by atoms with Gasteiger partial charge in [0.05, 0.1) is 6.20 Å². The Morgan fingerprint density at radius 2 is 2.33 bits per heavy atom. The molecule has 5 nitrogen and oxygen atoms in total. The number of carbonyl (C=O) groups is 1. The summed E-state index contributed by atoms with van der Waals surface area (Å²) in [6.45, 7) is 1.27. The SMILES string of the molecule is CN(C)C(=O)CCCn1cc(CN)cn1. The van der Waals surface area contributed by atoms with Gasteiger partial charge in [0.1, 0.15) is 0 Å². The van der Waals surface area contributed by atoms with E-state index in [-0.39, 0.29) is 5.91 Å². The third-order valence-corrected chi connectivity index (χ3v) is 2.20. The molecule has 0 unspecified atom stereocenters. The predicted molar refractivity (Wildman–Crippen MR) is 58.0 cm³/mol. The lowest BCUT2D eigenvalue weighted by atomic mass is 10.3. The summed E-state index contributed by atoms with van der Waals surface area (Å²) in [6.07, 6.45) is 5.04. The Balaban J connectivity index is 2.28. The lowest BCUT2D eigenvalue weighted by Gasteiger charge is -2.09. The van der Waals surface area contributed by atoms with E-state index in [4.69, 9.17) is 5.73 Å². The standard InChI is InChI=1S/C10H18N4O/c1-13(2)10(15)4-3-5-14-8-9(6-11)7-12-14/h7-8H,3-6,11H2,1-2H3. The van der Waals surface area contributed by atoms with E-state index < -0.39 is 0 Å². The molecule has 5 heteroatoms. The van der Waals surface area contributed by atoms with Gasteiger partial charge in [0.2, 0.25) is 5.91 Å². The second kappa shape index (κ2) is 5.50. The van der Waals surface area contributed by atoms with Crippen molar-refractivity contribution in [3.05, 3.63) is 18.0 Å². The molecule has 1 rings (SSSR count). The van der Waals surface area contributed by atoms with Gasteiger partial charge in [0.15, 0.2) is 0 Å². The summed E-state index contributed by atoms with van der Waals surface area (Å²) in [7, 11) is 3.53. The van der Waals surface area contributed by atoms with Crippen LogP contribution >= 0.6 is 0 Å². The molecule has 0 spiro atoms. The molecule has 1 aromatic heterocycles. The van der Waals surface area contributed by atoms with E-state index in [9.17, 15) is 4.79 Å². The Morgan fingerprint density at radius 3 is 2.87 bits per heavy atom. The number of amides is 1. The topological polar surface area (TPSA) is 64.2 Å². The summed E-state index contributed by atoms with van der Waals surface area (Å²) >= 11 is 0. The molecule has 84 valence electrons. The van der Waals surface area contributed by atoms with Crippen molar-refractivity contribution < 1.29 is 4.79 Å². The molecule has 2 N–H and O–H groups in total. The second-order valence-corrected chi connectivity index (χ2v) is 3.71. The van der Waals surface area contributed by atoms with Crippen molar-refractivity contribution in [3.63, 3.8) is 0 Å². The first-order valence-electron chi connectivity index (χ1n) is 5.05. The average molecular weight is 210 g/mol. The van der Waals surface area contributed by atoms with E-state index >= 15 is 0 Å². The Morgan fingerprint density at radius 1 is 1.60 bits per heavy atom. The number of carbonyl (C=O) groups excluding carboxylic acids is 1. The molecule has 0 fully saturated rings. The number of nitrogens with two attached hydrogens (primary N) is 1. The van der Waals surface area contributed by atoms with Crippen LogP contribution < -0.4 is 5.73 Å². The van der Waals surface area contributed by atoms with Crippen molar-refractivity contribution in [2.24, 2.45) is 5.73 Å². The van der Waals surface area contributed by atoms with E-state index in [1.807, 2.05) is 10.9 Å². The highest BCUT2D eigenvalue weighted by Gasteiger charge is 2.03. The number of aromatic nitrogens is 2. The second-order valence-electron chi connectivity index (χ2n) is 3.71. The van der Waals surface area contributed by atoms with E-state index in [2.05, 4.69) is 5.10 Å². The molecule has 1 amide bonds. The smallest absolute Gasteiger partial charge is 0.222 e. The van der Waals surface area contributed by atoms with Crippen LogP contribution in [-0.2, 0) is 17.9 Å². The quantitative estimate of drug-likeness (QED) is 0.755. The minimum Gasteiger partial charge on any atom is -0.349 e. The van der Waals surface area contributed by atoms with Crippen LogP contribution in [0.1, 0.15) is 18.4 Å². The lowest BCUT2D eigenvalue weighted by Crippen LogP contribution is -2.21. The lowest BCUT2D eigenvalue weighted by molar-refractivity contribution is -0.128. The maximum Gasteiger partial charge on any atom is 0.222 e. The van der Waals surface area contributed by atoms with Gasteiger partial charge in [-0.3, -0.25) is 9.48 Å². The number of hydrogen-bond acceptors (Lipinski definition) is 3. The summed E-state index contributed by atoms with van der Waals surface area (Å²) in [4.78, 5) is 12.9. The summed E-state index contributed by atoms with van der Waals surface area (Å²) in [5.74, 6) is 0.154. The van der Waals surface area contributed by atoms with Gasteiger partial charge in [-0.1, -0.05) is 0 Å². The molecule has 1 heterocycles. The van der Waals surface area contributed by atoms with Crippen molar-refractivity contribution >= 4 is 5.91 Å². The van der Waals surface area contributed by atoms with E-state index in [0.717, 1.165) is 18.5 Å². The fraction of sp³-hybridized carbons (Fsp3) is 0.600. The molecular formula is C10H18N4O. The predicted octanol–water partition coefficient (Wildman–Crippen LogP) is 0.210. The minimum atomic E-state index is 0.154. The maximum absolute atomic E-state index is 11.3. The molecule has 0 aromatic carbocycles. The minimum absolute atomic E-state index is 0.154. The molecule has 0 aliphatic carbocycles. The molecule has 0 aliphatic heterocycles. The van der Waals surface area contributed by atoms with E-state index in [0.29, 0.717) is 13.0 Å². The fourth-order valence-electron chi connectivity index (χ4n) is 1.25. The molecule has 15 heavy (non-hydrogen) atoms. The first kappa shape index (κ1) is 11.7. The molecule has 0 aliphatic rings. The summed E-state index contributed by atoms with van der Waals surface area (Å²) in [6, 6.07) is 0. The van der Waals surface area contributed by atoms with Crippen molar-refractivity contribution in [3.8, 4) is 0 Å². The Labute approximate surface area is 89.9 Å². The first-order chi connectivity index (χ1) is 7.13. The molecule has 0 atom stereocenters. The van der Waals surface area contributed by atoms with Gasteiger partial charge in [-0.25, -0.2) is 0 Å². The summed E-state index contributed by atoms with van der Waals surface area (Å²) in [5.41, 5.74) is 6.49. The maximum atomic E-state index is 11.3. The first-order valence-corrected chi connectivity index (χ1v) is 5.05. The van der Waals surface area contributed by atoms with Crippen LogP contribution in [0.4, 0.5) is 0 Å². The normalized spacial score (nSPS) is 10.3. The Hall–Kier alpha value is -1.36. The van der Waals surface area contributed by atoms with Crippen LogP contribution in [0.2, 0.25) is 0 Å². The van der Waals surface area contributed by atoms with Gasteiger partial charge in [-0.15, -0.1) is 0 Å². The zero-order valence-electron chi connectivity index (χ0n) is 9.31. The van der Waals surface area contributed by atoms with Gasteiger partial charge in [0, 0.05) is 45.4 Å². The van der Waals surface area contributed by atoms with Gasteiger partial charge in [-0.05, 0) is 6.42 Å². The zero-order chi connectivity index (χ0) is 11.3. The number of rotatable bonds is 5. The fourth-order valence-corrected chi connectivity index (χ4v) is 1.25. The Bertz CT molecular complexity index is 319. The molecule has 0 saturated heterocycles. The van der Waals surface area contributed by atoms with Crippen LogP contribution in [-0.4, -0.2) is 34.7 Å². The number of aryl methyl sites for hydroxylation is 1. The van der Waals surface area contributed by atoms with Gasteiger partial charge in [-0.2, -0.15) is 5.10 Å². The monoisotopic (exact) mass is 210 g/mol.